The summed E-state index contributed by atoms with van der Waals surface area (Å²) in [6.45, 7) is 9.85. The van der Waals surface area contributed by atoms with Crippen LogP contribution in [0.4, 0.5) is 0 Å². The molecule has 0 radical (unpaired) electrons. The van der Waals surface area contributed by atoms with Crippen LogP contribution in [0, 0.1) is 35.5 Å². The molecule has 0 aromatic heterocycles. The Morgan fingerprint density at radius 3 is 2.27 bits per heavy atom. The largest absolute Gasteiger partial charge is 0.0625 e. The Hall–Kier alpha value is 0. The molecule has 0 saturated heterocycles. The number of rotatable bonds is 1. The van der Waals surface area contributed by atoms with E-state index in [9.17, 15) is 0 Å². The van der Waals surface area contributed by atoms with Crippen LogP contribution in [0.5, 0.6) is 0 Å². The number of fused-ring (bicyclic) bond motifs is 1. The van der Waals surface area contributed by atoms with Crippen molar-refractivity contribution in [1.82, 2.24) is 0 Å². The Morgan fingerprint density at radius 2 is 1.60 bits per heavy atom. The van der Waals surface area contributed by atoms with Crippen LogP contribution in [0.3, 0.4) is 0 Å². The summed E-state index contributed by atoms with van der Waals surface area (Å²) in [7, 11) is 0. The predicted molar refractivity (Wildman–Crippen MR) is 66.7 cm³/mol. The van der Waals surface area contributed by atoms with Gasteiger partial charge in [0, 0.05) is 0 Å². The molecule has 0 aromatic carbocycles. The van der Waals surface area contributed by atoms with Gasteiger partial charge in [0.25, 0.3) is 0 Å². The van der Waals surface area contributed by atoms with Crippen molar-refractivity contribution in [2.75, 3.05) is 0 Å². The zero-order chi connectivity index (χ0) is 11.0. The Kier molecular flexibility index (Phi) is 3.42. The molecule has 2 aliphatic carbocycles. The summed E-state index contributed by atoms with van der Waals surface area (Å²) in [6.07, 6.45) is 7.55. The van der Waals surface area contributed by atoms with E-state index in [1.54, 1.807) is 0 Å². The Labute approximate surface area is 95.8 Å². The average molecular weight is 208 g/mol. The summed E-state index contributed by atoms with van der Waals surface area (Å²) < 4.78 is 0. The SMILES string of the molecule is CC(C)[C@@H]1CC[C@H](C)[C@@H]2CC[C@@H](C)C[C@H]21. The maximum atomic E-state index is 2.50. The molecule has 0 aromatic rings. The lowest BCUT2D eigenvalue weighted by Crippen LogP contribution is -2.39. The van der Waals surface area contributed by atoms with Gasteiger partial charge in [0.2, 0.25) is 0 Å². The average Bonchev–Trinajstić information content (AvgIpc) is 2.17. The molecule has 0 heterocycles. The Balaban J connectivity index is 2.10. The minimum Gasteiger partial charge on any atom is -0.0625 e. The molecule has 15 heavy (non-hydrogen) atoms. The number of hydrogen-bond acceptors (Lipinski definition) is 0. The first-order valence-corrected chi connectivity index (χ1v) is 7.09. The maximum Gasteiger partial charge on any atom is -0.0350 e. The topological polar surface area (TPSA) is 0 Å². The molecule has 2 fully saturated rings. The lowest BCUT2D eigenvalue weighted by atomic mass is 9.57. The first kappa shape index (κ1) is 11.5. The van der Waals surface area contributed by atoms with Crippen LogP contribution in [0.2, 0.25) is 0 Å². The van der Waals surface area contributed by atoms with Gasteiger partial charge in [0.1, 0.15) is 0 Å². The zero-order valence-corrected chi connectivity index (χ0v) is 11.0. The van der Waals surface area contributed by atoms with Crippen molar-refractivity contribution in [2.24, 2.45) is 35.5 Å². The fourth-order valence-electron chi connectivity index (χ4n) is 4.36. The molecule has 0 spiro atoms. The molecule has 88 valence electrons. The second kappa shape index (κ2) is 4.47. The summed E-state index contributed by atoms with van der Waals surface area (Å²) >= 11 is 0. The molecule has 0 nitrogen and oxygen atoms in total. The Bertz CT molecular complexity index is 202. The minimum absolute atomic E-state index is 0.912. The quantitative estimate of drug-likeness (QED) is 0.584. The van der Waals surface area contributed by atoms with Crippen molar-refractivity contribution >= 4 is 0 Å². The fourth-order valence-corrected chi connectivity index (χ4v) is 4.36. The van der Waals surface area contributed by atoms with E-state index in [1.165, 1.54) is 32.1 Å². The molecule has 2 rings (SSSR count). The predicted octanol–water partition coefficient (Wildman–Crippen LogP) is 4.74. The summed E-state index contributed by atoms with van der Waals surface area (Å²) in [5.74, 6) is 6.10. The van der Waals surface area contributed by atoms with E-state index in [1.807, 2.05) is 0 Å². The normalized spacial score (nSPS) is 46.6. The van der Waals surface area contributed by atoms with Crippen molar-refractivity contribution in [1.29, 1.82) is 0 Å². The highest BCUT2D eigenvalue weighted by Crippen LogP contribution is 2.50. The van der Waals surface area contributed by atoms with Gasteiger partial charge < -0.3 is 0 Å². The van der Waals surface area contributed by atoms with E-state index >= 15 is 0 Å². The van der Waals surface area contributed by atoms with E-state index in [0.29, 0.717) is 0 Å². The standard InChI is InChI=1S/C15H28/c1-10(2)13-8-6-12(4)14-7-5-11(3)9-15(13)14/h10-15H,5-9H2,1-4H3/t11-,12+,13+,14+,15+/m1/s1. The molecule has 0 amide bonds. The fraction of sp³-hybridized carbons (Fsp3) is 1.00. The molecule has 0 bridgehead atoms. The van der Waals surface area contributed by atoms with E-state index in [4.69, 9.17) is 0 Å². The Morgan fingerprint density at radius 1 is 0.867 bits per heavy atom. The summed E-state index contributed by atoms with van der Waals surface area (Å²) in [5.41, 5.74) is 0. The summed E-state index contributed by atoms with van der Waals surface area (Å²) in [4.78, 5) is 0. The van der Waals surface area contributed by atoms with E-state index in [-0.39, 0.29) is 0 Å². The summed E-state index contributed by atoms with van der Waals surface area (Å²) in [5, 5.41) is 0. The van der Waals surface area contributed by atoms with E-state index in [2.05, 4.69) is 27.7 Å². The van der Waals surface area contributed by atoms with Gasteiger partial charge in [-0.25, -0.2) is 0 Å². The summed E-state index contributed by atoms with van der Waals surface area (Å²) in [6, 6.07) is 0. The van der Waals surface area contributed by atoms with Gasteiger partial charge in [-0.2, -0.15) is 0 Å². The van der Waals surface area contributed by atoms with Gasteiger partial charge in [-0.3, -0.25) is 0 Å². The molecule has 0 N–H and O–H groups in total. The van der Waals surface area contributed by atoms with Crippen LogP contribution in [-0.4, -0.2) is 0 Å². The van der Waals surface area contributed by atoms with E-state index < -0.39 is 0 Å². The first-order chi connectivity index (χ1) is 7.09. The van der Waals surface area contributed by atoms with Crippen molar-refractivity contribution < 1.29 is 0 Å². The zero-order valence-electron chi connectivity index (χ0n) is 11.0. The third-order valence-electron chi connectivity index (χ3n) is 5.31. The van der Waals surface area contributed by atoms with Gasteiger partial charge in [-0.05, 0) is 54.8 Å². The van der Waals surface area contributed by atoms with Gasteiger partial charge in [-0.15, -0.1) is 0 Å². The molecule has 2 aliphatic rings. The maximum absolute atomic E-state index is 2.50. The lowest BCUT2D eigenvalue weighted by Gasteiger charge is -2.48. The van der Waals surface area contributed by atoms with Crippen molar-refractivity contribution in [3.63, 3.8) is 0 Å². The molecule has 0 aliphatic heterocycles. The van der Waals surface area contributed by atoms with Gasteiger partial charge in [0.15, 0.2) is 0 Å². The minimum atomic E-state index is 0.912. The van der Waals surface area contributed by atoms with Crippen LogP contribution in [0.25, 0.3) is 0 Å². The second-order valence-electron chi connectivity index (χ2n) is 6.71. The molecule has 2 saturated carbocycles. The lowest BCUT2D eigenvalue weighted by molar-refractivity contribution is 0.0182. The van der Waals surface area contributed by atoms with Crippen LogP contribution in [-0.2, 0) is 0 Å². The molecule has 0 heteroatoms. The second-order valence-corrected chi connectivity index (χ2v) is 6.71. The first-order valence-electron chi connectivity index (χ1n) is 7.09. The van der Waals surface area contributed by atoms with Gasteiger partial charge in [0.05, 0.1) is 0 Å². The third kappa shape index (κ3) is 2.24. The number of hydrogen-bond donors (Lipinski definition) is 0. The monoisotopic (exact) mass is 208 g/mol. The highest BCUT2D eigenvalue weighted by atomic mass is 14.5. The van der Waals surface area contributed by atoms with Crippen LogP contribution in [0.1, 0.15) is 59.8 Å². The van der Waals surface area contributed by atoms with E-state index in [0.717, 1.165) is 35.5 Å². The molecule has 5 atom stereocenters. The highest BCUT2D eigenvalue weighted by Gasteiger charge is 2.41. The van der Waals surface area contributed by atoms with Gasteiger partial charge >= 0.3 is 0 Å². The highest BCUT2D eigenvalue weighted by molar-refractivity contribution is 4.90. The van der Waals surface area contributed by atoms with Crippen LogP contribution < -0.4 is 0 Å². The van der Waals surface area contributed by atoms with Crippen molar-refractivity contribution in [2.45, 2.75) is 59.8 Å². The molecule has 0 unspecified atom stereocenters. The smallest absolute Gasteiger partial charge is 0.0350 e. The molecular weight excluding hydrogens is 180 g/mol. The molecular formula is C15H28. The van der Waals surface area contributed by atoms with Crippen molar-refractivity contribution in [3.05, 3.63) is 0 Å². The third-order valence-corrected chi connectivity index (χ3v) is 5.31. The van der Waals surface area contributed by atoms with Crippen LogP contribution >= 0.6 is 0 Å². The van der Waals surface area contributed by atoms with Gasteiger partial charge in [-0.1, -0.05) is 40.5 Å². The van der Waals surface area contributed by atoms with Crippen molar-refractivity contribution in [3.8, 4) is 0 Å². The van der Waals surface area contributed by atoms with Crippen LogP contribution in [0.15, 0.2) is 0 Å².